The van der Waals surface area contributed by atoms with Gasteiger partial charge in [0.15, 0.2) is 0 Å². The number of nitrogens with zero attached hydrogens (tertiary/aromatic N) is 1. The molecule has 0 radical (unpaired) electrons. The van der Waals surface area contributed by atoms with E-state index in [1.54, 1.807) is 12.1 Å². The van der Waals surface area contributed by atoms with Crippen molar-refractivity contribution >= 4 is 29.1 Å². The third-order valence-corrected chi connectivity index (χ3v) is 3.84. The van der Waals surface area contributed by atoms with E-state index in [2.05, 4.69) is 5.32 Å². The van der Waals surface area contributed by atoms with Gasteiger partial charge in [-0.25, -0.2) is 0 Å². The highest BCUT2D eigenvalue weighted by molar-refractivity contribution is 7.12. The Morgan fingerprint density at radius 1 is 1.53 bits per heavy atom. The molecule has 0 spiro atoms. The van der Waals surface area contributed by atoms with Crippen molar-refractivity contribution in [3.05, 3.63) is 22.4 Å². The fourth-order valence-electron chi connectivity index (χ4n) is 1.95. The number of carbonyl (C=O) groups is 3. The third-order valence-electron chi connectivity index (χ3n) is 2.98. The van der Waals surface area contributed by atoms with E-state index in [-0.39, 0.29) is 24.8 Å². The number of rotatable bonds is 5. The van der Waals surface area contributed by atoms with Crippen molar-refractivity contribution in [1.82, 2.24) is 10.2 Å². The molecule has 1 atom stereocenters. The Balaban J connectivity index is 1.76. The number of hydrogen-bond donors (Lipinski definition) is 2. The van der Waals surface area contributed by atoms with E-state index in [4.69, 9.17) is 5.11 Å². The molecule has 1 saturated heterocycles. The lowest BCUT2D eigenvalue weighted by Crippen LogP contribution is -2.35. The summed E-state index contributed by atoms with van der Waals surface area (Å²) in [5, 5.41) is 13.4. The van der Waals surface area contributed by atoms with Crippen LogP contribution in [0.5, 0.6) is 0 Å². The standard InChI is InChI=1S/C12H14N2O4S/c15-10-6-8(12(17)18)7-14(10)4-3-13-11(16)9-2-1-5-19-9/h1-2,5,8H,3-4,6-7H2,(H,13,16)(H,17,18). The van der Waals surface area contributed by atoms with Crippen LogP contribution in [0.4, 0.5) is 0 Å². The molecule has 2 amide bonds. The maximum atomic E-state index is 11.6. The summed E-state index contributed by atoms with van der Waals surface area (Å²) < 4.78 is 0. The van der Waals surface area contributed by atoms with E-state index in [1.807, 2.05) is 5.38 Å². The number of likely N-dealkylation sites (tertiary alicyclic amines) is 1. The topological polar surface area (TPSA) is 86.7 Å². The lowest BCUT2D eigenvalue weighted by molar-refractivity contribution is -0.141. The molecule has 0 bridgehead atoms. The zero-order valence-electron chi connectivity index (χ0n) is 10.2. The highest BCUT2D eigenvalue weighted by Gasteiger charge is 2.33. The Morgan fingerprint density at radius 3 is 2.89 bits per heavy atom. The molecule has 1 aliphatic rings. The van der Waals surface area contributed by atoms with Crippen LogP contribution in [-0.4, -0.2) is 47.4 Å². The summed E-state index contributed by atoms with van der Waals surface area (Å²) in [6.07, 6.45) is 0.0498. The summed E-state index contributed by atoms with van der Waals surface area (Å²) in [4.78, 5) is 36.1. The average molecular weight is 282 g/mol. The number of hydrogen-bond acceptors (Lipinski definition) is 4. The molecule has 1 unspecified atom stereocenters. The lowest BCUT2D eigenvalue weighted by atomic mass is 10.1. The molecule has 2 N–H and O–H groups in total. The van der Waals surface area contributed by atoms with Crippen LogP contribution in [0.15, 0.2) is 17.5 Å². The van der Waals surface area contributed by atoms with Crippen molar-refractivity contribution in [2.24, 2.45) is 5.92 Å². The second kappa shape index (κ2) is 5.83. The summed E-state index contributed by atoms with van der Waals surface area (Å²) in [5.41, 5.74) is 0. The summed E-state index contributed by atoms with van der Waals surface area (Å²) in [7, 11) is 0. The third kappa shape index (κ3) is 3.31. The molecule has 19 heavy (non-hydrogen) atoms. The first-order chi connectivity index (χ1) is 9.08. The van der Waals surface area contributed by atoms with Crippen molar-refractivity contribution in [3.8, 4) is 0 Å². The molecule has 1 aromatic rings. The Hall–Kier alpha value is -1.89. The number of amides is 2. The van der Waals surface area contributed by atoms with Gasteiger partial charge in [-0.05, 0) is 11.4 Å². The molecule has 0 aromatic carbocycles. The van der Waals surface area contributed by atoms with E-state index >= 15 is 0 Å². The second-order valence-electron chi connectivity index (χ2n) is 4.31. The zero-order valence-corrected chi connectivity index (χ0v) is 11.0. The van der Waals surface area contributed by atoms with Crippen LogP contribution in [0.25, 0.3) is 0 Å². The number of carboxylic acids is 1. The van der Waals surface area contributed by atoms with Gasteiger partial charge in [0, 0.05) is 26.1 Å². The van der Waals surface area contributed by atoms with Crippen LogP contribution in [0.2, 0.25) is 0 Å². The molecule has 0 saturated carbocycles. The summed E-state index contributed by atoms with van der Waals surface area (Å²) in [5.74, 6) is -1.91. The van der Waals surface area contributed by atoms with Crippen LogP contribution < -0.4 is 5.32 Å². The number of nitrogens with one attached hydrogen (secondary N) is 1. The fraction of sp³-hybridized carbons (Fsp3) is 0.417. The Labute approximate surface area is 114 Å². The first kappa shape index (κ1) is 13.5. The van der Waals surface area contributed by atoms with Crippen LogP contribution >= 0.6 is 11.3 Å². The average Bonchev–Trinajstić information content (AvgIpc) is 2.99. The van der Waals surface area contributed by atoms with Crippen molar-refractivity contribution in [2.75, 3.05) is 19.6 Å². The van der Waals surface area contributed by atoms with Gasteiger partial charge >= 0.3 is 5.97 Å². The largest absolute Gasteiger partial charge is 0.481 e. The van der Waals surface area contributed by atoms with E-state index in [0.29, 0.717) is 18.0 Å². The molecule has 2 heterocycles. The number of carbonyl (C=O) groups excluding carboxylic acids is 2. The van der Waals surface area contributed by atoms with Crippen molar-refractivity contribution in [2.45, 2.75) is 6.42 Å². The van der Waals surface area contributed by atoms with E-state index in [9.17, 15) is 14.4 Å². The van der Waals surface area contributed by atoms with Crippen LogP contribution in [-0.2, 0) is 9.59 Å². The monoisotopic (exact) mass is 282 g/mol. The van der Waals surface area contributed by atoms with Gasteiger partial charge in [-0.2, -0.15) is 0 Å². The molecule has 6 nitrogen and oxygen atoms in total. The van der Waals surface area contributed by atoms with Gasteiger partial charge in [0.2, 0.25) is 5.91 Å². The molecular weight excluding hydrogens is 268 g/mol. The number of aliphatic carboxylic acids is 1. The van der Waals surface area contributed by atoms with Gasteiger partial charge in [0.25, 0.3) is 5.91 Å². The van der Waals surface area contributed by atoms with Crippen molar-refractivity contribution < 1.29 is 19.5 Å². The van der Waals surface area contributed by atoms with Gasteiger partial charge in [-0.15, -0.1) is 11.3 Å². The molecular formula is C12H14N2O4S. The molecule has 2 rings (SSSR count). The summed E-state index contributed by atoms with van der Waals surface area (Å²) >= 11 is 1.35. The molecule has 7 heteroatoms. The maximum Gasteiger partial charge on any atom is 0.308 e. The minimum Gasteiger partial charge on any atom is -0.481 e. The predicted octanol–water partition coefficient (Wildman–Crippen LogP) is 0.411. The Kier molecular flexibility index (Phi) is 4.16. The molecule has 0 aliphatic carbocycles. The molecule has 1 aliphatic heterocycles. The summed E-state index contributed by atoms with van der Waals surface area (Å²) in [6, 6.07) is 3.52. The minimum absolute atomic E-state index is 0.0498. The number of carboxylic acid groups (broad SMARTS) is 1. The van der Waals surface area contributed by atoms with Gasteiger partial charge in [-0.1, -0.05) is 6.07 Å². The lowest BCUT2D eigenvalue weighted by Gasteiger charge is -2.15. The van der Waals surface area contributed by atoms with E-state index in [0.717, 1.165) is 0 Å². The van der Waals surface area contributed by atoms with Crippen molar-refractivity contribution in [1.29, 1.82) is 0 Å². The smallest absolute Gasteiger partial charge is 0.308 e. The second-order valence-corrected chi connectivity index (χ2v) is 5.26. The summed E-state index contributed by atoms with van der Waals surface area (Å²) in [6.45, 7) is 0.900. The first-order valence-electron chi connectivity index (χ1n) is 5.90. The Morgan fingerprint density at radius 2 is 2.32 bits per heavy atom. The van der Waals surface area contributed by atoms with Crippen molar-refractivity contribution in [3.63, 3.8) is 0 Å². The van der Waals surface area contributed by atoms with Gasteiger partial charge < -0.3 is 15.3 Å². The minimum atomic E-state index is -0.946. The van der Waals surface area contributed by atoms with E-state index < -0.39 is 11.9 Å². The van der Waals surface area contributed by atoms with Crippen LogP contribution in [0.1, 0.15) is 16.1 Å². The van der Waals surface area contributed by atoms with Crippen LogP contribution in [0, 0.1) is 5.92 Å². The highest BCUT2D eigenvalue weighted by atomic mass is 32.1. The van der Waals surface area contributed by atoms with Gasteiger partial charge in [0.05, 0.1) is 10.8 Å². The number of thiophene rings is 1. The SMILES string of the molecule is O=C(NCCN1CC(C(=O)O)CC1=O)c1cccs1. The van der Waals surface area contributed by atoms with Gasteiger partial charge in [0.1, 0.15) is 0 Å². The quantitative estimate of drug-likeness (QED) is 0.819. The van der Waals surface area contributed by atoms with E-state index in [1.165, 1.54) is 16.2 Å². The fourth-order valence-corrected chi connectivity index (χ4v) is 2.59. The molecule has 102 valence electrons. The Bertz CT molecular complexity index is 486. The van der Waals surface area contributed by atoms with Crippen LogP contribution in [0.3, 0.4) is 0 Å². The highest BCUT2D eigenvalue weighted by Crippen LogP contribution is 2.17. The predicted molar refractivity (Wildman–Crippen MR) is 69.0 cm³/mol. The maximum absolute atomic E-state index is 11.6. The molecule has 1 fully saturated rings. The first-order valence-corrected chi connectivity index (χ1v) is 6.78. The molecule has 1 aromatic heterocycles. The normalized spacial score (nSPS) is 18.6. The zero-order chi connectivity index (χ0) is 13.8. The van der Waals surface area contributed by atoms with Gasteiger partial charge in [-0.3, -0.25) is 14.4 Å².